The molecule has 2 nitrogen and oxygen atoms in total. The van der Waals surface area contributed by atoms with Gasteiger partial charge in [0.05, 0.1) is 6.61 Å². The minimum absolute atomic E-state index is 0.0516. The van der Waals surface area contributed by atoms with Crippen molar-refractivity contribution in [3.05, 3.63) is 22.6 Å². The van der Waals surface area contributed by atoms with Crippen molar-refractivity contribution in [3.8, 4) is 5.88 Å². The normalized spacial score (nSPS) is 9.73. The van der Waals surface area contributed by atoms with Crippen LogP contribution in [0.2, 0.25) is 0 Å². The molecule has 4 heteroatoms. The van der Waals surface area contributed by atoms with Crippen LogP contribution in [0.5, 0.6) is 5.88 Å². The largest absolute Gasteiger partial charge is 0.476 e. The summed E-state index contributed by atoms with van der Waals surface area (Å²) in [6.07, 6.45) is 1.49. The highest BCUT2D eigenvalue weighted by Crippen LogP contribution is 2.17. The van der Waals surface area contributed by atoms with Gasteiger partial charge in [-0.15, -0.1) is 0 Å². The SMILES string of the molecule is CCOc1ncc(Br)cc1F. The lowest BCUT2D eigenvalue weighted by Gasteiger charge is -2.01. The minimum atomic E-state index is -0.443. The molecule has 0 amide bonds. The topological polar surface area (TPSA) is 22.1 Å². The summed E-state index contributed by atoms with van der Waals surface area (Å²) in [6.45, 7) is 2.20. The van der Waals surface area contributed by atoms with Crippen LogP contribution in [0.1, 0.15) is 6.92 Å². The van der Waals surface area contributed by atoms with Gasteiger partial charge in [-0.05, 0) is 28.9 Å². The molecule has 0 aromatic carbocycles. The highest BCUT2D eigenvalue weighted by molar-refractivity contribution is 9.10. The van der Waals surface area contributed by atoms with Crippen molar-refractivity contribution in [2.45, 2.75) is 6.92 Å². The molecule has 0 spiro atoms. The van der Waals surface area contributed by atoms with E-state index in [4.69, 9.17) is 4.74 Å². The number of hydrogen-bond acceptors (Lipinski definition) is 2. The number of halogens is 2. The van der Waals surface area contributed by atoms with Gasteiger partial charge in [-0.3, -0.25) is 0 Å². The Morgan fingerprint density at radius 3 is 3.00 bits per heavy atom. The molecule has 1 heterocycles. The Bertz CT molecular complexity index is 254. The fraction of sp³-hybridized carbons (Fsp3) is 0.286. The van der Waals surface area contributed by atoms with Crippen molar-refractivity contribution in [3.63, 3.8) is 0 Å². The number of pyridine rings is 1. The zero-order valence-corrected chi connectivity index (χ0v) is 7.56. The quantitative estimate of drug-likeness (QED) is 0.763. The second-order valence-electron chi connectivity index (χ2n) is 1.87. The van der Waals surface area contributed by atoms with E-state index >= 15 is 0 Å². The molecule has 0 radical (unpaired) electrons. The van der Waals surface area contributed by atoms with E-state index in [-0.39, 0.29) is 5.88 Å². The van der Waals surface area contributed by atoms with Gasteiger partial charge < -0.3 is 4.74 Å². The second kappa shape index (κ2) is 3.67. The van der Waals surface area contributed by atoms with Crippen LogP contribution < -0.4 is 4.74 Å². The number of nitrogens with zero attached hydrogens (tertiary/aromatic N) is 1. The molecule has 60 valence electrons. The first kappa shape index (κ1) is 8.46. The zero-order chi connectivity index (χ0) is 8.27. The van der Waals surface area contributed by atoms with Gasteiger partial charge in [0.25, 0.3) is 0 Å². The first-order valence-electron chi connectivity index (χ1n) is 3.18. The second-order valence-corrected chi connectivity index (χ2v) is 2.79. The van der Waals surface area contributed by atoms with Gasteiger partial charge in [0.1, 0.15) is 0 Å². The summed E-state index contributed by atoms with van der Waals surface area (Å²) in [6, 6.07) is 1.32. The van der Waals surface area contributed by atoms with Crippen LogP contribution in [0.4, 0.5) is 4.39 Å². The Kier molecular flexibility index (Phi) is 2.82. The smallest absolute Gasteiger partial charge is 0.250 e. The first-order valence-corrected chi connectivity index (χ1v) is 3.97. The molecule has 1 aromatic rings. The fourth-order valence-corrected chi connectivity index (χ4v) is 0.948. The number of hydrogen-bond donors (Lipinski definition) is 0. The average molecular weight is 220 g/mol. The maximum atomic E-state index is 12.8. The van der Waals surface area contributed by atoms with Crippen LogP contribution >= 0.6 is 15.9 Å². The molecule has 0 aliphatic rings. The molecule has 0 N–H and O–H groups in total. The maximum Gasteiger partial charge on any atom is 0.250 e. The summed E-state index contributed by atoms with van der Waals surface area (Å²) in [4.78, 5) is 3.72. The van der Waals surface area contributed by atoms with E-state index in [9.17, 15) is 4.39 Å². The van der Waals surface area contributed by atoms with Crippen LogP contribution in [0.15, 0.2) is 16.7 Å². The van der Waals surface area contributed by atoms with Crippen molar-refractivity contribution in [1.29, 1.82) is 0 Å². The van der Waals surface area contributed by atoms with Gasteiger partial charge in [-0.25, -0.2) is 9.37 Å². The lowest BCUT2D eigenvalue weighted by atomic mass is 10.5. The van der Waals surface area contributed by atoms with Gasteiger partial charge >= 0.3 is 0 Å². The average Bonchev–Trinajstić information content (AvgIpc) is 1.95. The molecule has 0 aliphatic heterocycles. The molecule has 0 saturated carbocycles. The molecule has 0 atom stereocenters. The van der Waals surface area contributed by atoms with E-state index in [0.717, 1.165) is 0 Å². The Morgan fingerprint density at radius 2 is 2.45 bits per heavy atom. The molecule has 0 bridgehead atoms. The summed E-state index contributed by atoms with van der Waals surface area (Å²) >= 11 is 3.09. The van der Waals surface area contributed by atoms with E-state index in [0.29, 0.717) is 11.1 Å². The van der Waals surface area contributed by atoms with Crippen LogP contribution in [0, 0.1) is 5.82 Å². The zero-order valence-electron chi connectivity index (χ0n) is 5.97. The Hall–Kier alpha value is -0.640. The molecular formula is C7H7BrFNO. The van der Waals surface area contributed by atoms with Crippen LogP contribution in [-0.4, -0.2) is 11.6 Å². The highest BCUT2D eigenvalue weighted by Gasteiger charge is 2.03. The van der Waals surface area contributed by atoms with Gasteiger partial charge in [-0.2, -0.15) is 0 Å². The minimum Gasteiger partial charge on any atom is -0.476 e. The van der Waals surface area contributed by atoms with Crippen molar-refractivity contribution in [2.75, 3.05) is 6.61 Å². The van der Waals surface area contributed by atoms with Gasteiger partial charge in [0, 0.05) is 10.7 Å². The van der Waals surface area contributed by atoms with E-state index in [1.165, 1.54) is 12.3 Å². The first-order chi connectivity index (χ1) is 5.24. The Morgan fingerprint density at radius 1 is 1.73 bits per heavy atom. The maximum absolute atomic E-state index is 12.8. The van der Waals surface area contributed by atoms with Crippen LogP contribution in [0.25, 0.3) is 0 Å². The number of aromatic nitrogens is 1. The van der Waals surface area contributed by atoms with Crippen molar-refractivity contribution >= 4 is 15.9 Å². The Balaban J connectivity index is 2.90. The predicted molar refractivity (Wildman–Crippen MR) is 43.1 cm³/mol. The van der Waals surface area contributed by atoms with E-state index in [1.54, 1.807) is 6.92 Å². The Labute approximate surface area is 72.5 Å². The molecule has 11 heavy (non-hydrogen) atoms. The lowest BCUT2D eigenvalue weighted by Crippen LogP contribution is -1.96. The lowest BCUT2D eigenvalue weighted by molar-refractivity contribution is 0.307. The van der Waals surface area contributed by atoms with Gasteiger partial charge in [0.2, 0.25) is 5.88 Å². The summed E-state index contributed by atoms with van der Waals surface area (Å²) in [5, 5.41) is 0. The summed E-state index contributed by atoms with van der Waals surface area (Å²) in [7, 11) is 0. The molecular weight excluding hydrogens is 213 g/mol. The third-order valence-corrected chi connectivity index (χ3v) is 1.49. The molecule has 0 fully saturated rings. The van der Waals surface area contributed by atoms with Crippen molar-refractivity contribution in [2.24, 2.45) is 0 Å². The van der Waals surface area contributed by atoms with E-state index in [2.05, 4.69) is 20.9 Å². The molecule has 1 rings (SSSR count). The van der Waals surface area contributed by atoms with Crippen molar-refractivity contribution < 1.29 is 9.13 Å². The summed E-state index contributed by atoms with van der Waals surface area (Å²) < 4.78 is 18.3. The van der Waals surface area contributed by atoms with Crippen LogP contribution in [0.3, 0.4) is 0 Å². The van der Waals surface area contributed by atoms with Crippen LogP contribution in [-0.2, 0) is 0 Å². The third-order valence-electron chi connectivity index (χ3n) is 1.06. The molecule has 0 unspecified atom stereocenters. The third kappa shape index (κ3) is 2.15. The van der Waals surface area contributed by atoms with Crippen molar-refractivity contribution in [1.82, 2.24) is 4.98 Å². The number of ether oxygens (including phenoxy) is 1. The monoisotopic (exact) mass is 219 g/mol. The van der Waals surface area contributed by atoms with Gasteiger partial charge in [0.15, 0.2) is 5.82 Å². The number of rotatable bonds is 2. The highest BCUT2D eigenvalue weighted by atomic mass is 79.9. The van der Waals surface area contributed by atoms with Gasteiger partial charge in [-0.1, -0.05) is 0 Å². The fourth-order valence-electron chi connectivity index (χ4n) is 0.645. The molecule has 0 saturated heterocycles. The van der Waals surface area contributed by atoms with E-state index in [1.807, 2.05) is 0 Å². The standard InChI is InChI=1S/C7H7BrFNO/c1-2-11-7-6(9)3-5(8)4-10-7/h3-4H,2H2,1H3. The van der Waals surface area contributed by atoms with E-state index < -0.39 is 5.82 Å². The molecule has 0 aliphatic carbocycles. The predicted octanol–water partition coefficient (Wildman–Crippen LogP) is 2.38. The summed E-state index contributed by atoms with van der Waals surface area (Å²) in [5.74, 6) is -0.392. The molecule has 1 aromatic heterocycles. The summed E-state index contributed by atoms with van der Waals surface area (Å²) in [5.41, 5.74) is 0.